The topological polar surface area (TPSA) is 41.6 Å². The molecular formula is C13H28N2O2. The minimum atomic E-state index is -0.147. The van der Waals surface area contributed by atoms with Gasteiger partial charge in [0, 0.05) is 0 Å². The number of nitrogens with one attached hydrogen (secondary N) is 1. The molecule has 102 valence electrons. The number of nitrogens with zero attached hydrogens (tertiary/aromatic N) is 1. The van der Waals surface area contributed by atoms with Crippen LogP contribution in [0.1, 0.15) is 40.5 Å². The Kier molecular flexibility index (Phi) is 10.2. The molecule has 1 atom stereocenters. The molecule has 17 heavy (non-hydrogen) atoms. The molecule has 0 aromatic rings. The number of carbonyl (C=O) groups is 1. The highest BCUT2D eigenvalue weighted by Crippen LogP contribution is 1.96. The van der Waals surface area contributed by atoms with E-state index in [1.54, 1.807) is 0 Å². The second-order valence-electron chi connectivity index (χ2n) is 4.05. The average Bonchev–Trinajstić information content (AvgIpc) is 2.34. The Morgan fingerprint density at radius 3 is 2.35 bits per heavy atom. The maximum Gasteiger partial charge on any atom is 0.323 e. The third-order valence-electron chi connectivity index (χ3n) is 2.92. The van der Waals surface area contributed by atoms with Gasteiger partial charge in [-0.15, -0.1) is 0 Å². The molecule has 0 saturated carbocycles. The number of hydrogen-bond acceptors (Lipinski definition) is 4. The predicted molar refractivity (Wildman–Crippen MR) is 71.1 cm³/mol. The predicted octanol–water partition coefficient (Wildman–Crippen LogP) is 1.65. The van der Waals surface area contributed by atoms with Gasteiger partial charge >= 0.3 is 5.97 Å². The zero-order chi connectivity index (χ0) is 13.1. The summed E-state index contributed by atoms with van der Waals surface area (Å²) in [5.74, 6) is -0.127. The average molecular weight is 244 g/mol. The summed E-state index contributed by atoms with van der Waals surface area (Å²) in [7, 11) is 0. The Hall–Kier alpha value is -0.610. The summed E-state index contributed by atoms with van der Waals surface area (Å²) in [6, 6.07) is -0.147. The number of esters is 1. The molecule has 0 aromatic carbocycles. The van der Waals surface area contributed by atoms with Gasteiger partial charge in [-0.1, -0.05) is 20.8 Å². The molecule has 0 saturated heterocycles. The summed E-state index contributed by atoms with van der Waals surface area (Å²) >= 11 is 0. The van der Waals surface area contributed by atoms with Crippen molar-refractivity contribution in [2.45, 2.75) is 46.6 Å². The minimum absolute atomic E-state index is 0.127. The van der Waals surface area contributed by atoms with Gasteiger partial charge in [0.15, 0.2) is 0 Å². The molecule has 0 bridgehead atoms. The largest absolute Gasteiger partial charge is 0.465 e. The molecule has 0 aromatic heterocycles. The van der Waals surface area contributed by atoms with E-state index in [1.807, 2.05) is 13.8 Å². The summed E-state index contributed by atoms with van der Waals surface area (Å²) in [4.78, 5) is 13.9. The van der Waals surface area contributed by atoms with Crippen LogP contribution >= 0.6 is 0 Å². The fourth-order valence-corrected chi connectivity index (χ4v) is 1.76. The minimum Gasteiger partial charge on any atom is -0.465 e. The van der Waals surface area contributed by atoms with Crippen molar-refractivity contribution in [2.75, 3.05) is 32.8 Å². The maximum absolute atomic E-state index is 11.5. The van der Waals surface area contributed by atoms with Crippen molar-refractivity contribution >= 4 is 5.97 Å². The molecule has 0 aliphatic heterocycles. The molecule has 4 nitrogen and oxygen atoms in total. The van der Waals surface area contributed by atoms with Gasteiger partial charge in [-0.05, 0) is 45.9 Å². The fraction of sp³-hybridized carbons (Fsp3) is 0.923. The molecule has 1 N–H and O–H groups in total. The van der Waals surface area contributed by atoms with E-state index in [9.17, 15) is 4.79 Å². The monoisotopic (exact) mass is 244 g/mol. The van der Waals surface area contributed by atoms with Crippen LogP contribution in [0.2, 0.25) is 0 Å². The van der Waals surface area contributed by atoms with Crippen molar-refractivity contribution in [1.82, 2.24) is 10.2 Å². The first-order valence-corrected chi connectivity index (χ1v) is 6.81. The third kappa shape index (κ3) is 7.34. The van der Waals surface area contributed by atoms with Crippen LogP contribution < -0.4 is 5.32 Å². The Morgan fingerprint density at radius 1 is 1.24 bits per heavy atom. The van der Waals surface area contributed by atoms with Crippen molar-refractivity contribution in [1.29, 1.82) is 0 Å². The van der Waals surface area contributed by atoms with E-state index in [1.165, 1.54) is 0 Å². The first-order valence-electron chi connectivity index (χ1n) is 6.81. The van der Waals surface area contributed by atoms with Crippen LogP contribution in [0, 0.1) is 0 Å². The van der Waals surface area contributed by atoms with Crippen molar-refractivity contribution in [2.24, 2.45) is 0 Å². The lowest BCUT2D eigenvalue weighted by Crippen LogP contribution is -2.39. The van der Waals surface area contributed by atoms with E-state index in [4.69, 9.17) is 4.74 Å². The van der Waals surface area contributed by atoms with Crippen LogP contribution in [0.3, 0.4) is 0 Å². The third-order valence-corrected chi connectivity index (χ3v) is 2.92. The number of ether oxygens (including phenoxy) is 1. The van der Waals surface area contributed by atoms with Crippen LogP contribution in [-0.4, -0.2) is 49.7 Å². The van der Waals surface area contributed by atoms with Crippen molar-refractivity contribution < 1.29 is 9.53 Å². The molecule has 0 spiro atoms. The second kappa shape index (κ2) is 10.5. The lowest BCUT2D eigenvalue weighted by molar-refractivity contribution is -0.145. The summed E-state index contributed by atoms with van der Waals surface area (Å²) in [5.41, 5.74) is 0. The molecule has 0 radical (unpaired) electrons. The van der Waals surface area contributed by atoms with Crippen LogP contribution in [0.5, 0.6) is 0 Å². The summed E-state index contributed by atoms with van der Waals surface area (Å²) < 4.78 is 5.00. The second-order valence-corrected chi connectivity index (χ2v) is 4.05. The standard InChI is InChI=1S/C13H28N2O2/c1-5-12(13(16)17-8-4)14-10-9-11-15(6-2)7-3/h12,14H,5-11H2,1-4H3. The van der Waals surface area contributed by atoms with Gasteiger partial charge in [-0.3, -0.25) is 4.79 Å². The van der Waals surface area contributed by atoms with Gasteiger partial charge in [0.1, 0.15) is 6.04 Å². The lowest BCUT2D eigenvalue weighted by Gasteiger charge is -2.19. The summed E-state index contributed by atoms with van der Waals surface area (Å²) in [6.45, 7) is 12.8. The highest BCUT2D eigenvalue weighted by atomic mass is 16.5. The first kappa shape index (κ1) is 16.4. The molecule has 0 aliphatic rings. The first-order chi connectivity index (χ1) is 8.19. The molecule has 0 amide bonds. The Bertz CT molecular complexity index is 194. The number of carbonyl (C=O) groups excluding carboxylic acids is 1. The van der Waals surface area contributed by atoms with Gasteiger partial charge < -0.3 is 15.0 Å². The fourth-order valence-electron chi connectivity index (χ4n) is 1.76. The van der Waals surface area contributed by atoms with Gasteiger partial charge in [-0.2, -0.15) is 0 Å². The molecule has 0 aliphatic carbocycles. The van der Waals surface area contributed by atoms with E-state index in [2.05, 4.69) is 24.1 Å². The van der Waals surface area contributed by atoms with Crippen molar-refractivity contribution in [3.05, 3.63) is 0 Å². The van der Waals surface area contributed by atoms with Crippen LogP contribution in [-0.2, 0) is 9.53 Å². The van der Waals surface area contributed by atoms with Gasteiger partial charge in [-0.25, -0.2) is 0 Å². The molecular weight excluding hydrogens is 216 g/mol. The Labute approximate surface area is 106 Å². The van der Waals surface area contributed by atoms with E-state index in [0.717, 1.165) is 39.0 Å². The highest BCUT2D eigenvalue weighted by molar-refractivity contribution is 5.75. The number of rotatable bonds is 10. The van der Waals surface area contributed by atoms with Crippen molar-refractivity contribution in [3.63, 3.8) is 0 Å². The Morgan fingerprint density at radius 2 is 1.88 bits per heavy atom. The molecule has 0 heterocycles. The molecule has 4 heteroatoms. The summed E-state index contributed by atoms with van der Waals surface area (Å²) in [6.07, 6.45) is 1.85. The molecule has 1 unspecified atom stereocenters. The number of hydrogen-bond donors (Lipinski definition) is 1. The Balaban J connectivity index is 3.73. The lowest BCUT2D eigenvalue weighted by atomic mass is 10.2. The van der Waals surface area contributed by atoms with Crippen molar-refractivity contribution in [3.8, 4) is 0 Å². The smallest absolute Gasteiger partial charge is 0.323 e. The van der Waals surface area contributed by atoms with Crippen LogP contribution in [0.4, 0.5) is 0 Å². The quantitative estimate of drug-likeness (QED) is 0.469. The summed E-state index contributed by atoms with van der Waals surface area (Å²) in [5, 5.41) is 3.26. The van der Waals surface area contributed by atoms with Crippen LogP contribution in [0.25, 0.3) is 0 Å². The highest BCUT2D eigenvalue weighted by Gasteiger charge is 2.16. The van der Waals surface area contributed by atoms with E-state index >= 15 is 0 Å². The maximum atomic E-state index is 11.5. The van der Waals surface area contributed by atoms with Gasteiger partial charge in [0.05, 0.1) is 6.61 Å². The molecule has 0 fully saturated rings. The zero-order valence-electron chi connectivity index (χ0n) is 11.8. The SMILES string of the molecule is CCOC(=O)C(CC)NCCCN(CC)CC. The van der Waals surface area contributed by atoms with Crippen LogP contribution in [0.15, 0.2) is 0 Å². The van der Waals surface area contributed by atoms with E-state index < -0.39 is 0 Å². The van der Waals surface area contributed by atoms with E-state index in [0.29, 0.717) is 6.61 Å². The van der Waals surface area contributed by atoms with Gasteiger partial charge in [0.25, 0.3) is 0 Å². The molecule has 0 rings (SSSR count). The van der Waals surface area contributed by atoms with Gasteiger partial charge in [0.2, 0.25) is 0 Å². The zero-order valence-corrected chi connectivity index (χ0v) is 11.8. The van der Waals surface area contributed by atoms with E-state index in [-0.39, 0.29) is 12.0 Å². The normalized spacial score (nSPS) is 12.8.